The minimum absolute atomic E-state index is 0.160. The second kappa shape index (κ2) is 6.19. The van der Waals surface area contributed by atoms with Crippen LogP contribution in [0.4, 0.5) is 0 Å². The summed E-state index contributed by atoms with van der Waals surface area (Å²) in [4.78, 5) is 11.6. The SMILES string of the molecule is CCOc1ccc(C(=O)CCNC)cc1. The number of Topliss-reactive ketones (excluding diaryl/α,β-unsaturated/α-hetero) is 1. The predicted molar refractivity (Wildman–Crippen MR) is 60.5 cm³/mol. The van der Waals surface area contributed by atoms with Crippen molar-refractivity contribution in [3.8, 4) is 5.75 Å². The number of ketones is 1. The van der Waals surface area contributed by atoms with Crippen LogP contribution in [0.1, 0.15) is 23.7 Å². The van der Waals surface area contributed by atoms with Crippen LogP contribution in [0.25, 0.3) is 0 Å². The highest BCUT2D eigenvalue weighted by Crippen LogP contribution is 2.13. The zero-order valence-electron chi connectivity index (χ0n) is 9.25. The Morgan fingerprint density at radius 1 is 1.33 bits per heavy atom. The lowest BCUT2D eigenvalue weighted by atomic mass is 10.1. The summed E-state index contributed by atoms with van der Waals surface area (Å²) in [7, 11) is 1.84. The Labute approximate surface area is 90.4 Å². The van der Waals surface area contributed by atoms with Crippen molar-refractivity contribution in [1.82, 2.24) is 5.32 Å². The summed E-state index contributed by atoms with van der Waals surface area (Å²) < 4.78 is 5.30. The second-order valence-electron chi connectivity index (χ2n) is 3.23. The first-order valence-electron chi connectivity index (χ1n) is 5.18. The normalized spacial score (nSPS) is 10.0. The van der Waals surface area contributed by atoms with Crippen molar-refractivity contribution in [3.63, 3.8) is 0 Å². The number of ether oxygens (including phenoxy) is 1. The third-order valence-corrected chi connectivity index (χ3v) is 2.09. The number of nitrogens with one attached hydrogen (secondary N) is 1. The fourth-order valence-corrected chi connectivity index (χ4v) is 1.29. The smallest absolute Gasteiger partial charge is 0.164 e. The zero-order valence-corrected chi connectivity index (χ0v) is 9.25. The van der Waals surface area contributed by atoms with E-state index in [0.717, 1.165) is 11.3 Å². The zero-order chi connectivity index (χ0) is 11.1. The van der Waals surface area contributed by atoms with E-state index >= 15 is 0 Å². The molecule has 3 heteroatoms. The van der Waals surface area contributed by atoms with Crippen molar-refractivity contribution in [1.29, 1.82) is 0 Å². The number of rotatable bonds is 6. The minimum Gasteiger partial charge on any atom is -0.494 e. The highest BCUT2D eigenvalue weighted by molar-refractivity contribution is 5.96. The molecule has 0 bridgehead atoms. The molecule has 1 aromatic carbocycles. The van der Waals surface area contributed by atoms with Gasteiger partial charge >= 0.3 is 0 Å². The Kier molecular flexibility index (Phi) is 4.84. The summed E-state index contributed by atoms with van der Waals surface area (Å²) in [5.74, 6) is 0.968. The Morgan fingerprint density at radius 2 is 2.00 bits per heavy atom. The Morgan fingerprint density at radius 3 is 2.53 bits per heavy atom. The molecule has 1 aromatic rings. The topological polar surface area (TPSA) is 38.3 Å². The summed E-state index contributed by atoms with van der Waals surface area (Å²) >= 11 is 0. The maximum absolute atomic E-state index is 11.6. The largest absolute Gasteiger partial charge is 0.494 e. The Bertz CT molecular complexity index is 306. The summed E-state index contributed by atoms with van der Waals surface area (Å²) in [6.45, 7) is 3.30. The number of hydrogen-bond acceptors (Lipinski definition) is 3. The van der Waals surface area contributed by atoms with Gasteiger partial charge in [0.15, 0.2) is 5.78 Å². The molecule has 0 amide bonds. The minimum atomic E-state index is 0.160. The van der Waals surface area contributed by atoms with Gasteiger partial charge in [-0.25, -0.2) is 0 Å². The third-order valence-electron chi connectivity index (χ3n) is 2.09. The molecule has 0 aromatic heterocycles. The van der Waals surface area contributed by atoms with Gasteiger partial charge in [-0.15, -0.1) is 0 Å². The van der Waals surface area contributed by atoms with Gasteiger partial charge in [-0.2, -0.15) is 0 Å². The molecule has 0 atom stereocenters. The van der Waals surface area contributed by atoms with Gasteiger partial charge in [-0.1, -0.05) is 0 Å². The lowest BCUT2D eigenvalue weighted by molar-refractivity contribution is 0.0983. The summed E-state index contributed by atoms with van der Waals surface area (Å²) in [5.41, 5.74) is 0.744. The molecule has 0 saturated carbocycles. The van der Waals surface area contributed by atoms with Gasteiger partial charge in [0.05, 0.1) is 6.61 Å². The maximum atomic E-state index is 11.6. The Hall–Kier alpha value is -1.35. The van der Waals surface area contributed by atoms with Crippen molar-refractivity contribution in [2.45, 2.75) is 13.3 Å². The number of benzene rings is 1. The number of carbonyl (C=O) groups is 1. The summed E-state index contributed by atoms with van der Waals surface area (Å²) in [5, 5.41) is 2.95. The monoisotopic (exact) mass is 207 g/mol. The average Bonchev–Trinajstić information content (AvgIpc) is 2.27. The quantitative estimate of drug-likeness (QED) is 0.724. The van der Waals surface area contributed by atoms with Crippen LogP contribution >= 0.6 is 0 Å². The first kappa shape index (κ1) is 11.7. The summed E-state index contributed by atoms with van der Waals surface area (Å²) in [6, 6.07) is 7.28. The standard InChI is InChI=1S/C12H17NO2/c1-3-15-11-6-4-10(5-7-11)12(14)8-9-13-2/h4-7,13H,3,8-9H2,1-2H3. The molecular formula is C12H17NO2. The van der Waals surface area contributed by atoms with Crippen molar-refractivity contribution in [2.24, 2.45) is 0 Å². The molecular weight excluding hydrogens is 190 g/mol. The van der Waals surface area contributed by atoms with Gasteiger partial charge in [-0.3, -0.25) is 4.79 Å². The average molecular weight is 207 g/mol. The molecule has 1 rings (SSSR count). The van der Waals surface area contributed by atoms with E-state index in [4.69, 9.17) is 4.74 Å². The molecule has 0 aliphatic heterocycles. The van der Waals surface area contributed by atoms with Crippen LogP contribution in [-0.2, 0) is 0 Å². The fourth-order valence-electron chi connectivity index (χ4n) is 1.29. The molecule has 0 saturated heterocycles. The number of carbonyl (C=O) groups excluding carboxylic acids is 1. The van der Waals surface area contributed by atoms with Crippen molar-refractivity contribution in [3.05, 3.63) is 29.8 Å². The second-order valence-corrected chi connectivity index (χ2v) is 3.23. The molecule has 0 radical (unpaired) electrons. The van der Waals surface area contributed by atoms with Gasteiger partial charge in [0, 0.05) is 18.5 Å². The lowest BCUT2D eigenvalue weighted by Crippen LogP contribution is -2.12. The van der Waals surface area contributed by atoms with Gasteiger partial charge in [-0.05, 0) is 38.2 Å². The van der Waals surface area contributed by atoms with E-state index in [9.17, 15) is 4.79 Å². The van der Waals surface area contributed by atoms with Crippen LogP contribution in [-0.4, -0.2) is 26.0 Å². The van der Waals surface area contributed by atoms with E-state index < -0.39 is 0 Å². The lowest BCUT2D eigenvalue weighted by Gasteiger charge is -2.04. The van der Waals surface area contributed by atoms with E-state index in [2.05, 4.69) is 5.32 Å². The maximum Gasteiger partial charge on any atom is 0.164 e. The highest BCUT2D eigenvalue weighted by atomic mass is 16.5. The molecule has 0 unspecified atom stereocenters. The predicted octanol–water partition coefficient (Wildman–Crippen LogP) is 1.88. The molecule has 15 heavy (non-hydrogen) atoms. The first-order chi connectivity index (χ1) is 7.27. The molecule has 1 N–H and O–H groups in total. The van der Waals surface area contributed by atoms with Crippen LogP contribution in [0, 0.1) is 0 Å². The van der Waals surface area contributed by atoms with E-state index in [-0.39, 0.29) is 5.78 Å². The Balaban J connectivity index is 2.58. The highest BCUT2D eigenvalue weighted by Gasteiger charge is 2.04. The van der Waals surface area contributed by atoms with Crippen molar-refractivity contribution in [2.75, 3.05) is 20.2 Å². The van der Waals surface area contributed by atoms with Crippen LogP contribution in [0.3, 0.4) is 0 Å². The van der Waals surface area contributed by atoms with Gasteiger partial charge in [0.2, 0.25) is 0 Å². The van der Waals surface area contributed by atoms with Gasteiger partial charge < -0.3 is 10.1 Å². The molecule has 82 valence electrons. The molecule has 0 aliphatic carbocycles. The molecule has 0 aliphatic rings. The van der Waals surface area contributed by atoms with E-state index in [0.29, 0.717) is 19.6 Å². The number of hydrogen-bond donors (Lipinski definition) is 1. The van der Waals surface area contributed by atoms with Gasteiger partial charge in [0.25, 0.3) is 0 Å². The van der Waals surface area contributed by atoms with E-state index in [1.165, 1.54) is 0 Å². The van der Waals surface area contributed by atoms with E-state index in [1.807, 2.05) is 38.2 Å². The molecule has 0 heterocycles. The molecule has 3 nitrogen and oxygen atoms in total. The van der Waals surface area contributed by atoms with Crippen molar-refractivity contribution < 1.29 is 9.53 Å². The first-order valence-corrected chi connectivity index (χ1v) is 5.18. The molecule has 0 spiro atoms. The van der Waals surface area contributed by atoms with Gasteiger partial charge in [0.1, 0.15) is 5.75 Å². The van der Waals surface area contributed by atoms with E-state index in [1.54, 1.807) is 0 Å². The van der Waals surface area contributed by atoms with Crippen LogP contribution < -0.4 is 10.1 Å². The molecule has 0 fully saturated rings. The van der Waals surface area contributed by atoms with Crippen LogP contribution in [0.15, 0.2) is 24.3 Å². The fraction of sp³-hybridized carbons (Fsp3) is 0.417. The third kappa shape index (κ3) is 3.72. The van der Waals surface area contributed by atoms with Crippen LogP contribution in [0.2, 0.25) is 0 Å². The summed E-state index contributed by atoms with van der Waals surface area (Å²) in [6.07, 6.45) is 0.532. The van der Waals surface area contributed by atoms with Crippen molar-refractivity contribution >= 4 is 5.78 Å². The van der Waals surface area contributed by atoms with Crippen LogP contribution in [0.5, 0.6) is 5.75 Å².